The molecule has 0 fully saturated rings. The van der Waals surface area contributed by atoms with Gasteiger partial charge in [-0.15, -0.1) is 0 Å². The zero-order valence-electron chi connectivity index (χ0n) is 28.9. The van der Waals surface area contributed by atoms with Crippen molar-refractivity contribution in [2.45, 2.75) is 18.3 Å². The van der Waals surface area contributed by atoms with E-state index >= 15 is 0 Å². The van der Waals surface area contributed by atoms with Crippen LogP contribution in [0.25, 0.3) is 61.4 Å². The van der Waals surface area contributed by atoms with Crippen LogP contribution in [-0.2, 0) is 18.3 Å². The van der Waals surface area contributed by atoms with Crippen molar-refractivity contribution in [2.24, 2.45) is 0 Å². The molecular formula is C51H36O. The molecule has 0 amide bonds. The van der Waals surface area contributed by atoms with Crippen LogP contribution in [0.5, 0.6) is 0 Å². The van der Waals surface area contributed by atoms with Crippen molar-refractivity contribution in [1.29, 1.82) is 0 Å². The number of rotatable bonds is 5. The highest BCUT2D eigenvalue weighted by atomic mass is 16.3. The molecule has 246 valence electrons. The molecule has 1 atom stereocenters. The maximum atomic E-state index is 6.49. The summed E-state index contributed by atoms with van der Waals surface area (Å²) in [5, 5.41) is 2.37. The lowest BCUT2D eigenvalue weighted by atomic mass is 9.65. The lowest BCUT2D eigenvalue weighted by molar-refractivity contribution is 0.668. The largest absolute Gasteiger partial charge is 0.456 e. The van der Waals surface area contributed by atoms with Gasteiger partial charge in [0.2, 0.25) is 0 Å². The van der Waals surface area contributed by atoms with Crippen LogP contribution in [0.4, 0.5) is 0 Å². The summed E-state index contributed by atoms with van der Waals surface area (Å²) >= 11 is 0. The Balaban J connectivity index is 1.09. The van der Waals surface area contributed by atoms with Crippen LogP contribution in [0.3, 0.4) is 0 Å². The van der Waals surface area contributed by atoms with Gasteiger partial charge in [-0.25, -0.2) is 0 Å². The van der Waals surface area contributed by atoms with Gasteiger partial charge in [-0.2, -0.15) is 0 Å². The average molecular weight is 665 g/mol. The molecule has 1 spiro atoms. The molecule has 1 nitrogen and oxygen atoms in total. The van der Waals surface area contributed by atoms with Gasteiger partial charge in [-0.05, 0) is 103 Å². The number of hydrogen-bond donors (Lipinski definition) is 0. The molecule has 10 rings (SSSR count). The van der Waals surface area contributed by atoms with Gasteiger partial charge in [-0.1, -0.05) is 170 Å². The first kappa shape index (κ1) is 30.4. The molecule has 7 aromatic carbocycles. The second-order valence-corrected chi connectivity index (χ2v) is 14.0. The fourth-order valence-electron chi connectivity index (χ4n) is 8.87. The number of benzene rings is 7. The molecule has 1 heteroatoms. The predicted octanol–water partition coefficient (Wildman–Crippen LogP) is 13.2. The first-order valence-electron chi connectivity index (χ1n) is 18.2. The normalized spacial score (nSPS) is 17.0. The van der Waals surface area contributed by atoms with E-state index in [9.17, 15) is 0 Å². The molecule has 1 aromatic heterocycles. The van der Waals surface area contributed by atoms with Crippen molar-refractivity contribution in [3.63, 3.8) is 0 Å². The Kier molecular flexibility index (Phi) is 7.08. The number of furan rings is 1. The van der Waals surface area contributed by atoms with Crippen molar-refractivity contribution in [3.05, 3.63) is 221 Å². The molecule has 8 aromatic rings. The third-order valence-corrected chi connectivity index (χ3v) is 11.2. The van der Waals surface area contributed by atoms with Crippen molar-refractivity contribution in [1.82, 2.24) is 0 Å². The van der Waals surface area contributed by atoms with Crippen molar-refractivity contribution in [3.8, 4) is 33.4 Å². The minimum Gasteiger partial charge on any atom is -0.456 e. The van der Waals surface area contributed by atoms with Crippen molar-refractivity contribution < 1.29 is 4.42 Å². The second-order valence-electron chi connectivity index (χ2n) is 14.0. The predicted molar refractivity (Wildman–Crippen MR) is 218 cm³/mol. The molecular weight excluding hydrogens is 629 g/mol. The van der Waals surface area contributed by atoms with Crippen LogP contribution >= 0.6 is 0 Å². The molecule has 0 N–H and O–H groups in total. The Morgan fingerprint density at radius 2 is 1.19 bits per heavy atom. The third-order valence-electron chi connectivity index (χ3n) is 11.2. The van der Waals surface area contributed by atoms with Crippen LogP contribution in [0.15, 0.2) is 193 Å². The van der Waals surface area contributed by atoms with Crippen LogP contribution in [0, 0.1) is 0 Å². The van der Waals surface area contributed by atoms with E-state index in [0.29, 0.717) is 0 Å². The van der Waals surface area contributed by atoms with Crippen LogP contribution in [-0.4, -0.2) is 0 Å². The van der Waals surface area contributed by atoms with Gasteiger partial charge in [-0.3, -0.25) is 0 Å². The van der Waals surface area contributed by atoms with E-state index in [1.807, 2.05) is 0 Å². The molecule has 1 heterocycles. The molecule has 2 aliphatic rings. The highest BCUT2D eigenvalue weighted by molar-refractivity contribution is 6.09. The zero-order chi connectivity index (χ0) is 34.6. The fourth-order valence-corrected chi connectivity index (χ4v) is 8.87. The highest BCUT2D eigenvalue weighted by Crippen LogP contribution is 2.59. The molecule has 0 radical (unpaired) electrons. The quantitative estimate of drug-likeness (QED) is 0.178. The summed E-state index contributed by atoms with van der Waals surface area (Å²) in [5.41, 5.74) is 17.6. The minimum absolute atomic E-state index is 0.501. The van der Waals surface area contributed by atoms with Gasteiger partial charge in [0.1, 0.15) is 11.2 Å². The van der Waals surface area contributed by atoms with Gasteiger partial charge < -0.3 is 4.42 Å². The average Bonchev–Trinajstić information content (AvgIpc) is 3.73. The summed E-state index contributed by atoms with van der Waals surface area (Å²) in [6, 6.07) is 57.4. The van der Waals surface area contributed by atoms with E-state index in [4.69, 9.17) is 11.0 Å². The van der Waals surface area contributed by atoms with E-state index < -0.39 is 5.41 Å². The van der Waals surface area contributed by atoms with Gasteiger partial charge in [0, 0.05) is 10.8 Å². The van der Waals surface area contributed by atoms with Gasteiger partial charge in [0.05, 0.1) is 5.41 Å². The summed E-state index contributed by atoms with van der Waals surface area (Å²) < 4.78 is 6.49. The third kappa shape index (κ3) is 4.63. The number of allylic oxidation sites excluding steroid dienone is 4. The number of fused-ring (bicyclic) bond motifs is 10. The Hall–Kier alpha value is -6.44. The van der Waals surface area contributed by atoms with Crippen LogP contribution < -0.4 is 0 Å². The van der Waals surface area contributed by atoms with Crippen molar-refractivity contribution in [2.75, 3.05) is 0 Å². The topological polar surface area (TPSA) is 13.1 Å². The zero-order valence-corrected chi connectivity index (χ0v) is 28.9. The molecule has 1 unspecified atom stereocenters. The van der Waals surface area contributed by atoms with E-state index in [1.165, 1.54) is 72.1 Å². The first-order chi connectivity index (χ1) is 25.7. The van der Waals surface area contributed by atoms with Crippen LogP contribution in [0.2, 0.25) is 0 Å². The summed E-state index contributed by atoms with van der Waals surface area (Å²) in [6.45, 7) is 4.75. The second kappa shape index (κ2) is 12.1. The van der Waals surface area contributed by atoms with E-state index in [1.54, 1.807) is 0 Å². The standard InChI is InChI=1S/C51H36O/c1-34-13-5-6-16-38-17-7-9-21-44(38)51(34)45-22-10-8-19-42(45)50-41(20-12-23-46(50)51)40-31-32-47-43(33-40)49-39(18-11-24-48(49)52-47)30-27-35-25-28-37(29-26-35)36-14-3-2-4-15-36/h2-26,28-29,31-33H,1,27,30H2/b13-5-,16-6-. The minimum atomic E-state index is -0.501. The Morgan fingerprint density at radius 1 is 0.500 bits per heavy atom. The van der Waals surface area contributed by atoms with E-state index in [2.05, 4.69) is 182 Å². The van der Waals surface area contributed by atoms with Crippen molar-refractivity contribution >= 4 is 28.0 Å². The lowest BCUT2D eigenvalue weighted by Crippen LogP contribution is -2.29. The maximum Gasteiger partial charge on any atom is 0.135 e. The summed E-state index contributed by atoms with van der Waals surface area (Å²) in [5.74, 6) is 0. The molecule has 0 bridgehead atoms. The first-order valence-corrected chi connectivity index (χ1v) is 18.2. The summed E-state index contributed by atoms with van der Waals surface area (Å²) in [6.07, 6.45) is 10.5. The van der Waals surface area contributed by atoms with E-state index in [0.717, 1.165) is 35.0 Å². The SMILES string of the molecule is C=C1/C=C\C=C/c2ccccc2C12c1ccccc1-c1c(-c3ccc4oc5cccc(CCc6ccc(-c7ccccc7)cc6)c5c4c3)cccc12. The molecule has 0 saturated carbocycles. The molecule has 0 saturated heterocycles. The van der Waals surface area contributed by atoms with Gasteiger partial charge in [0.15, 0.2) is 0 Å². The van der Waals surface area contributed by atoms with Crippen LogP contribution in [0.1, 0.15) is 33.4 Å². The Labute approximate surface area is 304 Å². The Morgan fingerprint density at radius 3 is 2.08 bits per heavy atom. The maximum absolute atomic E-state index is 6.49. The fraction of sp³-hybridized carbons (Fsp3) is 0.0588. The highest BCUT2D eigenvalue weighted by Gasteiger charge is 2.47. The number of hydrogen-bond acceptors (Lipinski definition) is 1. The monoisotopic (exact) mass is 664 g/mol. The van der Waals surface area contributed by atoms with E-state index in [-0.39, 0.29) is 0 Å². The summed E-state index contributed by atoms with van der Waals surface area (Å²) in [4.78, 5) is 0. The number of aryl methyl sites for hydroxylation is 2. The molecule has 0 aliphatic heterocycles. The van der Waals surface area contributed by atoms with Gasteiger partial charge >= 0.3 is 0 Å². The smallest absolute Gasteiger partial charge is 0.135 e. The summed E-state index contributed by atoms with van der Waals surface area (Å²) in [7, 11) is 0. The lowest BCUT2D eigenvalue weighted by Gasteiger charge is -2.36. The molecule has 2 aliphatic carbocycles. The Bertz CT molecular complexity index is 2740. The molecule has 52 heavy (non-hydrogen) atoms. The van der Waals surface area contributed by atoms with Gasteiger partial charge in [0.25, 0.3) is 0 Å².